The van der Waals surface area contributed by atoms with Gasteiger partial charge in [0.05, 0.1) is 44.4 Å². The third-order valence-electron chi connectivity index (χ3n) is 5.60. The lowest BCUT2D eigenvalue weighted by molar-refractivity contribution is 0.0388. The third kappa shape index (κ3) is 6.19. The molecule has 9 heteroatoms. The molecule has 1 amide bonds. The Bertz CT molecular complexity index is 1040. The first kappa shape index (κ1) is 23.9. The summed E-state index contributed by atoms with van der Waals surface area (Å²) in [5, 5.41) is 7.73. The van der Waals surface area contributed by atoms with Crippen LogP contribution in [0.25, 0.3) is 5.69 Å². The second-order valence-corrected chi connectivity index (χ2v) is 7.95. The Balaban J connectivity index is 1.32. The van der Waals surface area contributed by atoms with E-state index in [9.17, 15) is 4.79 Å². The van der Waals surface area contributed by atoms with Crippen LogP contribution in [0, 0.1) is 0 Å². The summed E-state index contributed by atoms with van der Waals surface area (Å²) in [7, 11) is 0. The Morgan fingerprint density at radius 3 is 2.62 bits per heavy atom. The SMILES string of the molecule is NCCOCCOCCOc1ccc(-n2ncc3c2CCCC3NC(=O)c2ccccn2)cc1. The van der Waals surface area contributed by atoms with Crippen molar-refractivity contribution in [3.63, 3.8) is 0 Å². The van der Waals surface area contributed by atoms with Crippen molar-refractivity contribution in [3.05, 3.63) is 71.8 Å². The highest BCUT2D eigenvalue weighted by atomic mass is 16.5. The topological polar surface area (TPSA) is 114 Å². The van der Waals surface area contributed by atoms with Crippen molar-refractivity contribution in [3.8, 4) is 11.4 Å². The molecular formula is C25H31N5O4. The van der Waals surface area contributed by atoms with Crippen molar-refractivity contribution in [1.82, 2.24) is 20.1 Å². The molecule has 180 valence electrons. The summed E-state index contributed by atoms with van der Waals surface area (Å²) >= 11 is 0. The highest BCUT2D eigenvalue weighted by Crippen LogP contribution is 2.31. The number of aromatic nitrogens is 3. The molecular weight excluding hydrogens is 434 g/mol. The average molecular weight is 466 g/mol. The fourth-order valence-corrected chi connectivity index (χ4v) is 3.97. The van der Waals surface area contributed by atoms with E-state index in [-0.39, 0.29) is 11.9 Å². The fourth-order valence-electron chi connectivity index (χ4n) is 3.97. The van der Waals surface area contributed by atoms with E-state index in [2.05, 4.69) is 15.4 Å². The third-order valence-corrected chi connectivity index (χ3v) is 5.60. The van der Waals surface area contributed by atoms with Crippen molar-refractivity contribution < 1.29 is 19.0 Å². The summed E-state index contributed by atoms with van der Waals surface area (Å²) in [5.41, 5.74) is 8.92. The lowest BCUT2D eigenvalue weighted by Gasteiger charge is -2.24. The van der Waals surface area contributed by atoms with Crippen molar-refractivity contribution in [1.29, 1.82) is 0 Å². The number of carbonyl (C=O) groups is 1. The van der Waals surface area contributed by atoms with E-state index in [1.165, 1.54) is 0 Å². The molecule has 9 nitrogen and oxygen atoms in total. The van der Waals surface area contributed by atoms with Crippen LogP contribution in [-0.2, 0) is 15.9 Å². The van der Waals surface area contributed by atoms with Gasteiger partial charge in [0, 0.05) is 24.0 Å². The van der Waals surface area contributed by atoms with Crippen molar-refractivity contribution in [2.45, 2.75) is 25.3 Å². The molecule has 2 aromatic heterocycles. The Morgan fingerprint density at radius 2 is 1.85 bits per heavy atom. The van der Waals surface area contributed by atoms with Crippen molar-refractivity contribution >= 4 is 5.91 Å². The quantitative estimate of drug-likeness (QED) is 0.395. The summed E-state index contributed by atoms with van der Waals surface area (Å²) in [5.74, 6) is 0.605. The summed E-state index contributed by atoms with van der Waals surface area (Å²) in [4.78, 5) is 16.7. The van der Waals surface area contributed by atoms with E-state index in [4.69, 9.17) is 19.9 Å². The summed E-state index contributed by atoms with van der Waals surface area (Å²) in [6.45, 7) is 3.08. The second-order valence-electron chi connectivity index (χ2n) is 7.95. The maximum Gasteiger partial charge on any atom is 0.270 e. The van der Waals surface area contributed by atoms with Crippen LogP contribution in [0.2, 0.25) is 0 Å². The highest BCUT2D eigenvalue weighted by Gasteiger charge is 2.26. The fraction of sp³-hybridized carbons (Fsp3) is 0.400. The average Bonchev–Trinajstić information content (AvgIpc) is 3.32. The molecule has 4 rings (SSSR count). The van der Waals surface area contributed by atoms with Gasteiger partial charge in [-0.3, -0.25) is 9.78 Å². The van der Waals surface area contributed by atoms with E-state index >= 15 is 0 Å². The number of carbonyl (C=O) groups excluding carboxylic acids is 1. The molecule has 1 unspecified atom stereocenters. The van der Waals surface area contributed by atoms with Gasteiger partial charge in [-0.25, -0.2) is 4.68 Å². The van der Waals surface area contributed by atoms with Crippen LogP contribution in [0.5, 0.6) is 5.75 Å². The molecule has 1 aromatic carbocycles. The van der Waals surface area contributed by atoms with Crippen LogP contribution in [0.15, 0.2) is 54.9 Å². The number of benzene rings is 1. The second kappa shape index (κ2) is 12.3. The van der Waals surface area contributed by atoms with Gasteiger partial charge in [-0.1, -0.05) is 6.07 Å². The zero-order valence-corrected chi connectivity index (χ0v) is 19.2. The predicted octanol–water partition coefficient (Wildman–Crippen LogP) is 2.45. The van der Waals surface area contributed by atoms with Gasteiger partial charge in [0.15, 0.2) is 0 Å². The van der Waals surface area contributed by atoms with Crippen molar-refractivity contribution in [2.75, 3.05) is 39.6 Å². The van der Waals surface area contributed by atoms with E-state index in [1.54, 1.807) is 18.3 Å². The first-order chi connectivity index (χ1) is 16.8. The Kier molecular flexibility index (Phi) is 8.61. The number of nitrogens with one attached hydrogen (secondary N) is 1. The van der Waals surface area contributed by atoms with Gasteiger partial charge in [0.25, 0.3) is 5.91 Å². The minimum absolute atomic E-state index is 0.0738. The number of hydrogen-bond acceptors (Lipinski definition) is 7. The molecule has 0 radical (unpaired) electrons. The van der Waals surface area contributed by atoms with Gasteiger partial charge < -0.3 is 25.3 Å². The number of ether oxygens (including phenoxy) is 3. The molecule has 0 bridgehead atoms. The van der Waals surface area contributed by atoms with E-state index in [0.29, 0.717) is 45.3 Å². The normalized spacial score (nSPS) is 15.0. The molecule has 34 heavy (non-hydrogen) atoms. The van der Waals surface area contributed by atoms with Crippen LogP contribution in [-0.4, -0.2) is 60.3 Å². The van der Waals surface area contributed by atoms with Gasteiger partial charge in [-0.05, 0) is 55.7 Å². The van der Waals surface area contributed by atoms with E-state index < -0.39 is 0 Å². The summed E-state index contributed by atoms with van der Waals surface area (Å²) in [6.07, 6.45) is 6.25. The summed E-state index contributed by atoms with van der Waals surface area (Å²) < 4.78 is 18.4. The Morgan fingerprint density at radius 1 is 1.06 bits per heavy atom. The van der Waals surface area contributed by atoms with Crippen LogP contribution in [0.4, 0.5) is 0 Å². The van der Waals surface area contributed by atoms with Gasteiger partial charge in [-0.15, -0.1) is 0 Å². The molecule has 1 aliphatic rings. The maximum atomic E-state index is 12.6. The standard InChI is InChI=1S/C25H31N5O4/c26-11-13-32-14-15-33-16-17-34-20-9-7-19(8-10-20)30-24-6-3-5-22(21(24)18-28-30)29-25(31)23-4-1-2-12-27-23/h1-2,4,7-10,12,18,22H,3,5-6,11,13-17,26H2,(H,29,31). The minimum Gasteiger partial charge on any atom is -0.491 e. The van der Waals surface area contributed by atoms with Crippen LogP contribution in [0.1, 0.15) is 40.6 Å². The number of hydrogen-bond donors (Lipinski definition) is 2. The highest BCUT2D eigenvalue weighted by molar-refractivity contribution is 5.92. The van der Waals surface area contributed by atoms with E-state index in [1.807, 2.05) is 41.2 Å². The lowest BCUT2D eigenvalue weighted by Crippen LogP contribution is -2.31. The molecule has 1 aliphatic carbocycles. The molecule has 2 heterocycles. The zero-order chi connectivity index (χ0) is 23.6. The molecule has 0 saturated carbocycles. The molecule has 0 saturated heterocycles. The first-order valence-corrected chi connectivity index (χ1v) is 11.6. The molecule has 3 aromatic rings. The smallest absolute Gasteiger partial charge is 0.270 e. The van der Waals surface area contributed by atoms with Gasteiger partial charge >= 0.3 is 0 Å². The predicted molar refractivity (Wildman–Crippen MR) is 127 cm³/mol. The van der Waals surface area contributed by atoms with Crippen LogP contribution in [0.3, 0.4) is 0 Å². The molecule has 0 aliphatic heterocycles. The summed E-state index contributed by atoms with van der Waals surface area (Å²) in [6, 6.07) is 13.1. The number of nitrogens with zero attached hydrogens (tertiary/aromatic N) is 3. The van der Waals surface area contributed by atoms with Gasteiger partial charge in [0.1, 0.15) is 18.1 Å². The first-order valence-electron chi connectivity index (χ1n) is 11.6. The van der Waals surface area contributed by atoms with Crippen molar-refractivity contribution in [2.24, 2.45) is 5.73 Å². The lowest BCUT2D eigenvalue weighted by atomic mass is 9.92. The molecule has 0 spiro atoms. The minimum atomic E-state index is -0.167. The number of pyridine rings is 1. The number of rotatable bonds is 12. The van der Waals surface area contributed by atoms with Crippen LogP contribution >= 0.6 is 0 Å². The molecule has 3 N–H and O–H groups in total. The number of nitrogens with two attached hydrogens (primary N) is 1. The number of amides is 1. The van der Waals surface area contributed by atoms with E-state index in [0.717, 1.165) is 42.0 Å². The maximum absolute atomic E-state index is 12.6. The number of fused-ring (bicyclic) bond motifs is 1. The van der Waals surface area contributed by atoms with Gasteiger partial charge in [0.2, 0.25) is 0 Å². The molecule has 0 fully saturated rings. The molecule has 1 atom stereocenters. The van der Waals surface area contributed by atoms with Crippen LogP contribution < -0.4 is 15.8 Å². The monoisotopic (exact) mass is 465 g/mol. The zero-order valence-electron chi connectivity index (χ0n) is 19.2. The Labute approximate surface area is 199 Å². The van der Waals surface area contributed by atoms with Gasteiger partial charge in [-0.2, -0.15) is 5.10 Å². The Hall–Kier alpha value is -3.27. The largest absolute Gasteiger partial charge is 0.491 e.